The number of nitrogens with zero attached hydrogens (tertiary/aromatic N) is 3. The Morgan fingerprint density at radius 1 is 1.29 bits per heavy atom. The highest BCUT2D eigenvalue weighted by molar-refractivity contribution is 6.39. The van der Waals surface area contributed by atoms with E-state index in [9.17, 15) is 14.4 Å². The van der Waals surface area contributed by atoms with Crippen LogP contribution in [0.2, 0.25) is 0 Å². The molecule has 2 atom stereocenters. The number of amidine groups is 1. The standard InChI is InChI=1S/C16H19N5O3/c1-10-15(23)21(12-5-3-2-4-6-12)19-14(18-10)16(24)20-8-7-11(9-20)13(17)22/h2-6,10-11H,7-9H2,1H3,(H2,17,22)(H,18,19)/t10-,11-/m1/s1. The van der Waals surface area contributed by atoms with Crippen LogP contribution in [0.3, 0.4) is 0 Å². The molecule has 2 heterocycles. The van der Waals surface area contributed by atoms with Crippen LogP contribution < -0.4 is 16.2 Å². The van der Waals surface area contributed by atoms with Crippen molar-refractivity contribution in [1.29, 1.82) is 0 Å². The summed E-state index contributed by atoms with van der Waals surface area (Å²) in [6.45, 7) is 2.37. The number of primary amides is 1. The lowest BCUT2D eigenvalue weighted by Gasteiger charge is -2.31. The number of rotatable bonds is 3. The average molecular weight is 329 g/mol. The summed E-state index contributed by atoms with van der Waals surface area (Å²) in [4.78, 5) is 41.9. The van der Waals surface area contributed by atoms with Gasteiger partial charge in [-0.25, -0.2) is 10.0 Å². The van der Waals surface area contributed by atoms with Crippen molar-refractivity contribution in [1.82, 2.24) is 10.3 Å². The predicted octanol–water partition coefficient (Wildman–Crippen LogP) is -0.341. The monoisotopic (exact) mass is 329 g/mol. The molecule has 3 rings (SSSR count). The molecule has 1 fully saturated rings. The number of para-hydroxylation sites is 1. The maximum Gasteiger partial charge on any atom is 0.290 e. The van der Waals surface area contributed by atoms with Gasteiger partial charge in [0.15, 0.2) is 0 Å². The van der Waals surface area contributed by atoms with Crippen LogP contribution in [0.15, 0.2) is 35.3 Å². The SMILES string of the molecule is C[C@H]1N=C(C(=O)N2CC[C@@H](C(N)=O)C2)NN(c2ccccc2)C1=O. The van der Waals surface area contributed by atoms with E-state index in [0.717, 1.165) is 0 Å². The summed E-state index contributed by atoms with van der Waals surface area (Å²) in [5, 5.41) is 1.33. The average Bonchev–Trinajstić information content (AvgIpc) is 3.07. The van der Waals surface area contributed by atoms with E-state index in [1.165, 1.54) is 9.91 Å². The molecule has 0 aromatic heterocycles. The lowest BCUT2D eigenvalue weighted by Crippen LogP contribution is -2.58. The molecule has 8 nitrogen and oxygen atoms in total. The molecule has 3 N–H and O–H groups in total. The van der Waals surface area contributed by atoms with Gasteiger partial charge in [0.05, 0.1) is 11.6 Å². The summed E-state index contributed by atoms with van der Waals surface area (Å²) < 4.78 is 0. The zero-order chi connectivity index (χ0) is 17.3. The molecule has 1 saturated heterocycles. The Labute approximate surface area is 139 Å². The van der Waals surface area contributed by atoms with Crippen molar-refractivity contribution in [3.63, 3.8) is 0 Å². The Balaban J connectivity index is 1.78. The van der Waals surface area contributed by atoms with Crippen LogP contribution in [0.25, 0.3) is 0 Å². The molecular weight excluding hydrogens is 310 g/mol. The number of nitrogens with one attached hydrogen (secondary N) is 1. The van der Waals surface area contributed by atoms with Crippen LogP contribution in [0.4, 0.5) is 5.69 Å². The molecule has 3 amide bonds. The fourth-order valence-electron chi connectivity index (χ4n) is 2.82. The van der Waals surface area contributed by atoms with Gasteiger partial charge in [-0.05, 0) is 25.5 Å². The zero-order valence-electron chi connectivity index (χ0n) is 13.3. The predicted molar refractivity (Wildman–Crippen MR) is 87.8 cm³/mol. The van der Waals surface area contributed by atoms with Crippen molar-refractivity contribution in [3.8, 4) is 0 Å². The molecule has 126 valence electrons. The van der Waals surface area contributed by atoms with Gasteiger partial charge in [-0.1, -0.05) is 18.2 Å². The molecule has 2 aliphatic heterocycles. The Hall–Kier alpha value is -2.90. The Morgan fingerprint density at radius 3 is 2.62 bits per heavy atom. The van der Waals surface area contributed by atoms with Gasteiger partial charge in [0.1, 0.15) is 6.04 Å². The fourth-order valence-corrected chi connectivity index (χ4v) is 2.82. The lowest BCUT2D eigenvalue weighted by molar-refractivity contribution is -0.124. The second-order valence-corrected chi connectivity index (χ2v) is 5.91. The minimum absolute atomic E-state index is 0.0936. The van der Waals surface area contributed by atoms with Crippen LogP contribution in [-0.4, -0.2) is 47.6 Å². The molecule has 0 saturated carbocycles. The normalized spacial score (nSPS) is 23.7. The molecule has 0 aliphatic carbocycles. The van der Waals surface area contributed by atoms with Crippen LogP contribution >= 0.6 is 0 Å². The molecule has 2 aliphatic rings. The van der Waals surface area contributed by atoms with E-state index >= 15 is 0 Å². The number of benzene rings is 1. The van der Waals surface area contributed by atoms with E-state index in [-0.39, 0.29) is 30.1 Å². The Bertz CT molecular complexity index is 703. The molecule has 8 heteroatoms. The molecular formula is C16H19N5O3. The number of carbonyl (C=O) groups is 3. The summed E-state index contributed by atoms with van der Waals surface area (Å²) in [5.74, 6) is -1.22. The van der Waals surface area contributed by atoms with Crippen LogP contribution in [0, 0.1) is 5.92 Å². The van der Waals surface area contributed by atoms with Gasteiger partial charge < -0.3 is 10.6 Å². The van der Waals surface area contributed by atoms with Gasteiger partial charge in [0, 0.05) is 13.1 Å². The third kappa shape index (κ3) is 2.94. The van der Waals surface area contributed by atoms with E-state index in [0.29, 0.717) is 18.7 Å². The van der Waals surface area contributed by atoms with Gasteiger partial charge in [0.25, 0.3) is 11.8 Å². The minimum atomic E-state index is -0.667. The Morgan fingerprint density at radius 2 is 2.00 bits per heavy atom. The van der Waals surface area contributed by atoms with Crippen molar-refractivity contribution in [2.45, 2.75) is 19.4 Å². The molecule has 1 aromatic carbocycles. The van der Waals surface area contributed by atoms with E-state index in [4.69, 9.17) is 5.73 Å². The summed E-state index contributed by atoms with van der Waals surface area (Å²) in [6, 6.07) is 8.32. The van der Waals surface area contributed by atoms with Gasteiger partial charge in [0.2, 0.25) is 11.7 Å². The number of hydrogen-bond acceptors (Lipinski definition) is 5. The van der Waals surface area contributed by atoms with Crippen molar-refractivity contribution >= 4 is 29.2 Å². The smallest absolute Gasteiger partial charge is 0.290 e. The number of hydrogen-bond donors (Lipinski definition) is 2. The third-order valence-corrected chi connectivity index (χ3v) is 4.21. The highest BCUT2D eigenvalue weighted by Gasteiger charge is 2.36. The van der Waals surface area contributed by atoms with E-state index in [2.05, 4.69) is 10.4 Å². The van der Waals surface area contributed by atoms with Crippen molar-refractivity contribution in [2.24, 2.45) is 16.6 Å². The number of hydrazine groups is 1. The minimum Gasteiger partial charge on any atom is -0.369 e. The number of aliphatic imine (C=N–C) groups is 1. The van der Waals surface area contributed by atoms with Crippen molar-refractivity contribution < 1.29 is 14.4 Å². The Kier molecular flexibility index (Phi) is 4.20. The van der Waals surface area contributed by atoms with Crippen LogP contribution in [-0.2, 0) is 14.4 Å². The van der Waals surface area contributed by atoms with E-state index < -0.39 is 11.9 Å². The summed E-state index contributed by atoms with van der Waals surface area (Å²) in [5.41, 5.74) is 8.73. The largest absolute Gasteiger partial charge is 0.369 e. The molecule has 0 spiro atoms. The quantitative estimate of drug-likeness (QED) is 0.791. The van der Waals surface area contributed by atoms with Gasteiger partial charge in [-0.3, -0.25) is 19.8 Å². The zero-order valence-corrected chi connectivity index (χ0v) is 13.3. The molecule has 24 heavy (non-hydrogen) atoms. The lowest BCUT2D eigenvalue weighted by atomic mass is 10.1. The third-order valence-electron chi connectivity index (χ3n) is 4.21. The van der Waals surface area contributed by atoms with Gasteiger partial charge in [-0.15, -0.1) is 0 Å². The molecule has 1 aromatic rings. The number of amides is 3. The van der Waals surface area contributed by atoms with Crippen molar-refractivity contribution in [2.75, 3.05) is 18.1 Å². The highest BCUT2D eigenvalue weighted by atomic mass is 16.2. The topological polar surface area (TPSA) is 108 Å². The van der Waals surface area contributed by atoms with Crippen molar-refractivity contribution in [3.05, 3.63) is 30.3 Å². The first kappa shape index (κ1) is 16.0. The molecule has 0 bridgehead atoms. The van der Waals surface area contributed by atoms with Gasteiger partial charge in [-0.2, -0.15) is 0 Å². The second kappa shape index (κ2) is 6.31. The van der Waals surface area contributed by atoms with E-state index in [1.54, 1.807) is 31.2 Å². The maximum atomic E-state index is 12.6. The van der Waals surface area contributed by atoms with E-state index in [1.807, 2.05) is 6.07 Å². The first-order valence-electron chi connectivity index (χ1n) is 7.79. The van der Waals surface area contributed by atoms with Crippen LogP contribution in [0.5, 0.6) is 0 Å². The number of anilines is 1. The molecule has 0 unspecified atom stereocenters. The maximum absolute atomic E-state index is 12.6. The molecule has 0 radical (unpaired) electrons. The highest BCUT2D eigenvalue weighted by Crippen LogP contribution is 2.19. The summed E-state index contributed by atoms with van der Waals surface area (Å²) in [7, 11) is 0. The first-order valence-corrected chi connectivity index (χ1v) is 7.79. The number of likely N-dealkylation sites (tertiary alicyclic amines) is 1. The summed E-state index contributed by atoms with van der Waals surface area (Å²) >= 11 is 0. The number of nitrogens with two attached hydrogens (primary N) is 1. The number of carbonyl (C=O) groups excluding carboxylic acids is 3. The first-order chi connectivity index (χ1) is 11.5. The fraction of sp³-hybridized carbons (Fsp3) is 0.375. The van der Waals surface area contributed by atoms with Crippen LogP contribution in [0.1, 0.15) is 13.3 Å². The van der Waals surface area contributed by atoms with Gasteiger partial charge >= 0.3 is 0 Å². The summed E-state index contributed by atoms with van der Waals surface area (Å²) in [6.07, 6.45) is 0.547. The second-order valence-electron chi connectivity index (χ2n) is 5.91.